The highest BCUT2D eigenvalue weighted by molar-refractivity contribution is 7.12. The molecular weight excluding hydrogens is 326 g/mol. The SMILES string of the molecule is CCCNC(=O)CNC(=O)c1ccc(NC(=O)c2cccs2)cc1. The molecule has 0 saturated carbocycles. The van der Waals surface area contributed by atoms with E-state index in [9.17, 15) is 14.4 Å². The van der Waals surface area contributed by atoms with Crippen LogP contribution in [0.2, 0.25) is 0 Å². The second-order valence-electron chi connectivity index (χ2n) is 5.04. The molecular formula is C17H19N3O3S. The zero-order valence-electron chi connectivity index (χ0n) is 13.3. The minimum absolute atomic E-state index is 0.0598. The molecule has 2 aromatic rings. The van der Waals surface area contributed by atoms with Gasteiger partial charge in [-0.2, -0.15) is 0 Å². The summed E-state index contributed by atoms with van der Waals surface area (Å²) < 4.78 is 0. The van der Waals surface area contributed by atoms with Gasteiger partial charge in [0.15, 0.2) is 0 Å². The van der Waals surface area contributed by atoms with Crippen LogP contribution in [0.25, 0.3) is 0 Å². The van der Waals surface area contributed by atoms with Gasteiger partial charge in [-0.3, -0.25) is 14.4 Å². The summed E-state index contributed by atoms with van der Waals surface area (Å²) in [4.78, 5) is 36.0. The van der Waals surface area contributed by atoms with Crippen molar-refractivity contribution in [3.63, 3.8) is 0 Å². The highest BCUT2D eigenvalue weighted by Gasteiger charge is 2.09. The quantitative estimate of drug-likeness (QED) is 0.719. The summed E-state index contributed by atoms with van der Waals surface area (Å²) in [7, 11) is 0. The lowest BCUT2D eigenvalue weighted by molar-refractivity contribution is -0.120. The first kappa shape index (κ1) is 17.7. The van der Waals surface area contributed by atoms with Gasteiger partial charge in [0.05, 0.1) is 11.4 Å². The Morgan fingerprint density at radius 3 is 2.38 bits per heavy atom. The summed E-state index contributed by atoms with van der Waals surface area (Å²) >= 11 is 1.36. The van der Waals surface area contributed by atoms with Crippen molar-refractivity contribution in [2.45, 2.75) is 13.3 Å². The summed E-state index contributed by atoms with van der Waals surface area (Å²) in [5.74, 6) is -0.738. The summed E-state index contributed by atoms with van der Waals surface area (Å²) in [6.45, 7) is 2.49. The van der Waals surface area contributed by atoms with Gasteiger partial charge < -0.3 is 16.0 Å². The van der Waals surface area contributed by atoms with E-state index < -0.39 is 0 Å². The van der Waals surface area contributed by atoms with Crippen LogP contribution >= 0.6 is 11.3 Å². The Hall–Kier alpha value is -2.67. The fourth-order valence-electron chi connectivity index (χ4n) is 1.89. The lowest BCUT2D eigenvalue weighted by atomic mass is 10.2. The third-order valence-corrected chi connectivity index (χ3v) is 4.00. The van der Waals surface area contributed by atoms with Crippen LogP contribution in [0.1, 0.15) is 33.4 Å². The van der Waals surface area contributed by atoms with Crippen molar-refractivity contribution >= 4 is 34.7 Å². The Morgan fingerprint density at radius 2 is 1.75 bits per heavy atom. The van der Waals surface area contributed by atoms with Gasteiger partial charge >= 0.3 is 0 Å². The van der Waals surface area contributed by atoms with Gasteiger partial charge in [-0.25, -0.2) is 0 Å². The minimum atomic E-state index is -0.335. The largest absolute Gasteiger partial charge is 0.355 e. The lowest BCUT2D eigenvalue weighted by Gasteiger charge is -2.07. The fourth-order valence-corrected chi connectivity index (χ4v) is 2.51. The summed E-state index contributed by atoms with van der Waals surface area (Å²) in [5, 5.41) is 9.83. The van der Waals surface area contributed by atoms with Crippen LogP contribution in [0.4, 0.5) is 5.69 Å². The van der Waals surface area contributed by atoms with Gasteiger partial charge in [-0.1, -0.05) is 13.0 Å². The van der Waals surface area contributed by atoms with Gasteiger partial charge in [0, 0.05) is 17.8 Å². The molecule has 0 unspecified atom stereocenters. The molecule has 7 heteroatoms. The van der Waals surface area contributed by atoms with Crippen LogP contribution in [-0.2, 0) is 4.79 Å². The van der Waals surface area contributed by atoms with E-state index in [-0.39, 0.29) is 24.3 Å². The molecule has 1 heterocycles. The standard InChI is InChI=1S/C17H19N3O3S/c1-2-9-18-15(21)11-19-16(22)12-5-7-13(8-6-12)20-17(23)14-4-3-10-24-14/h3-8,10H,2,9,11H2,1H3,(H,18,21)(H,19,22)(H,20,23). The molecule has 126 valence electrons. The Kier molecular flexibility index (Phi) is 6.51. The molecule has 0 aliphatic heterocycles. The van der Waals surface area contributed by atoms with E-state index in [1.165, 1.54) is 11.3 Å². The third-order valence-electron chi connectivity index (χ3n) is 3.13. The average molecular weight is 345 g/mol. The van der Waals surface area contributed by atoms with Gasteiger partial charge in [0.1, 0.15) is 0 Å². The van der Waals surface area contributed by atoms with E-state index in [2.05, 4.69) is 16.0 Å². The van der Waals surface area contributed by atoms with E-state index in [0.29, 0.717) is 22.7 Å². The molecule has 0 fully saturated rings. The van der Waals surface area contributed by atoms with Crippen molar-refractivity contribution in [3.05, 3.63) is 52.2 Å². The Balaban J connectivity index is 1.86. The third kappa shape index (κ3) is 5.20. The lowest BCUT2D eigenvalue weighted by Crippen LogP contribution is -2.37. The Bertz CT molecular complexity index is 696. The van der Waals surface area contributed by atoms with Crippen molar-refractivity contribution < 1.29 is 14.4 Å². The smallest absolute Gasteiger partial charge is 0.265 e. The van der Waals surface area contributed by atoms with Crippen LogP contribution in [0.15, 0.2) is 41.8 Å². The van der Waals surface area contributed by atoms with Crippen molar-refractivity contribution in [1.82, 2.24) is 10.6 Å². The van der Waals surface area contributed by atoms with Crippen molar-refractivity contribution in [3.8, 4) is 0 Å². The number of carbonyl (C=O) groups is 3. The number of amides is 3. The number of rotatable bonds is 7. The number of thiophene rings is 1. The first-order valence-electron chi connectivity index (χ1n) is 7.60. The predicted molar refractivity (Wildman–Crippen MR) is 94.3 cm³/mol. The molecule has 0 radical (unpaired) electrons. The summed E-state index contributed by atoms with van der Waals surface area (Å²) in [6, 6.07) is 10.1. The topological polar surface area (TPSA) is 87.3 Å². The number of carbonyl (C=O) groups excluding carboxylic acids is 3. The molecule has 6 nitrogen and oxygen atoms in total. The molecule has 1 aromatic heterocycles. The second-order valence-corrected chi connectivity index (χ2v) is 5.99. The van der Waals surface area contributed by atoms with Crippen LogP contribution in [0, 0.1) is 0 Å². The predicted octanol–water partition coefficient (Wildman–Crippen LogP) is 2.26. The monoisotopic (exact) mass is 345 g/mol. The van der Waals surface area contributed by atoms with E-state index in [0.717, 1.165) is 6.42 Å². The van der Waals surface area contributed by atoms with Crippen molar-refractivity contribution in [2.24, 2.45) is 0 Å². The molecule has 0 saturated heterocycles. The van der Waals surface area contributed by atoms with Crippen LogP contribution in [-0.4, -0.2) is 30.8 Å². The molecule has 3 amide bonds. The maximum absolute atomic E-state index is 12.0. The number of anilines is 1. The van der Waals surface area contributed by atoms with Crippen LogP contribution < -0.4 is 16.0 Å². The van der Waals surface area contributed by atoms with E-state index in [4.69, 9.17) is 0 Å². The zero-order chi connectivity index (χ0) is 17.4. The van der Waals surface area contributed by atoms with Gasteiger partial charge in [0.2, 0.25) is 5.91 Å². The average Bonchev–Trinajstić information content (AvgIpc) is 3.13. The van der Waals surface area contributed by atoms with Crippen molar-refractivity contribution in [2.75, 3.05) is 18.4 Å². The fraction of sp³-hybridized carbons (Fsp3) is 0.235. The highest BCUT2D eigenvalue weighted by Crippen LogP contribution is 2.14. The second kappa shape index (κ2) is 8.83. The number of hydrogen-bond acceptors (Lipinski definition) is 4. The molecule has 3 N–H and O–H groups in total. The Labute approximate surface area is 144 Å². The molecule has 0 aliphatic rings. The maximum Gasteiger partial charge on any atom is 0.265 e. The molecule has 0 atom stereocenters. The van der Waals surface area contributed by atoms with Gasteiger partial charge in [-0.15, -0.1) is 11.3 Å². The number of nitrogens with one attached hydrogen (secondary N) is 3. The van der Waals surface area contributed by atoms with Gasteiger partial charge in [0.25, 0.3) is 11.8 Å². The zero-order valence-corrected chi connectivity index (χ0v) is 14.1. The highest BCUT2D eigenvalue weighted by atomic mass is 32.1. The first-order chi connectivity index (χ1) is 11.6. The molecule has 24 heavy (non-hydrogen) atoms. The molecule has 0 bridgehead atoms. The molecule has 0 aliphatic carbocycles. The summed E-state index contributed by atoms with van der Waals surface area (Å²) in [5.41, 5.74) is 1.03. The van der Waals surface area contributed by atoms with Crippen molar-refractivity contribution in [1.29, 1.82) is 0 Å². The van der Waals surface area contributed by atoms with Crippen LogP contribution in [0.5, 0.6) is 0 Å². The first-order valence-corrected chi connectivity index (χ1v) is 8.48. The van der Waals surface area contributed by atoms with E-state index in [1.807, 2.05) is 18.4 Å². The Morgan fingerprint density at radius 1 is 1.00 bits per heavy atom. The van der Waals surface area contributed by atoms with E-state index in [1.54, 1.807) is 30.3 Å². The summed E-state index contributed by atoms with van der Waals surface area (Å²) in [6.07, 6.45) is 0.846. The van der Waals surface area contributed by atoms with Gasteiger partial charge in [-0.05, 0) is 42.1 Å². The van der Waals surface area contributed by atoms with Crippen LogP contribution in [0.3, 0.4) is 0 Å². The normalized spacial score (nSPS) is 10.0. The number of hydrogen-bond donors (Lipinski definition) is 3. The van der Waals surface area contributed by atoms with E-state index >= 15 is 0 Å². The molecule has 2 rings (SSSR count). The molecule has 0 spiro atoms. The number of benzene rings is 1. The maximum atomic E-state index is 12.0. The molecule has 1 aromatic carbocycles. The minimum Gasteiger partial charge on any atom is -0.355 e.